The van der Waals surface area contributed by atoms with Crippen LogP contribution in [0.1, 0.15) is 22.1 Å². The van der Waals surface area contributed by atoms with Gasteiger partial charge in [-0.3, -0.25) is 4.79 Å². The fourth-order valence-corrected chi connectivity index (χ4v) is 3.65. The molecule has 2 rings (SSSR count). The van der Waals surface area contributed by atoms with Crippen molar-refractivity contribution in [3.05, 3.63) is 46.9 Å². The van der Waals surface area contributed by atoms with Gasteiger partial charge in [0.1, 0.15) is 29.5 Å². The topological polar surface area (TPSA) is 120 Å². The first-order valence-electron chi connectivity index (χ1n) is 12.4. The van der Waals surface area contributed by atoms with Crippen molar-refractivity contribution in [2.24, 2.45) is 0 Å². The lowest BCUT2D eigenvalue weighted by Crippen LogP contribution is -2.13. The summed E-state index contributed by atoms with van der Waals surface area (Å²) >= 11 is 0. The van der Waals surface area contributed by atoms with Crippen LogP contribution in [0.3, 0.4) is 0 Å². The van der Waals surface area contributed by atoms with Gasteiger partial charge >= 0.3 is 5.97 Å². The van der Waals surface area contributed by atoms with Gasteiger partial charge in [0, 0.05) is 17.5 Å². The van der Waals surface area contributed by atoms with Crippen LogP contribution in [0.15, 0.2) is 35.7 Å². The summed E-state index contributed by atoms with van der Waals surface area (Å²) in [7, 11) is -7.21. The van der Waals surface area contributed by atoms with E-state index in [-0.39, 0.29) is 28.4 Å². The lowest BCUT2D eigenvalue weighted by atomic mass is 10.1. The number of carboxylic acids is 1. The monoisotopic (exact) mass is 459 g/mol. The summed E-state index contributed by atoms with van der Waals surface area (Å²) in [5.74, 6) is -2.99. The molecular weight excluding hydrogens is 426 g/mol. The molecule has 0 aromatic heterocycles. The van der Waals surface area contributed by atoms with Crippen molar-refractivity contribution < 1.29 is 48.2 Å². The fourth-order valence-electron chi connectivity index (χ4n) is 2.56. The molecule has 0 radical (unpaired) electrons. The molecule has 9 nitrogen and oxygen atoms in total. The number of ether oxygens (including phenoxy) is 4. The largest absolute Gasteiger partial charge is 0.496 e. The minimum absolute atomic E-state index is 0.0431. The number of hydrogen-bond acceptors (Lipinski definition) is 8. The highest BCUT2D eigenvalue weighted by molar-refractivity contribution is 7.93. The molecule has 0 unspecified atom stereocenters. The lowest BCUT2D eigenvalue weighted by molar-refractivity contribution is -0.134. The Balaban J connectivity index is 2.43. The molecule has 0 saturated carbocycles. The molecule has 0 amide bonds. The van der Waals surface area contributed by atoms with Crippen LogP contribution in [-0.4, -0.2) is 54.3 Å². The Hall–Kier alpha value is -3.40. The van der Waals surface area contributed by atoms with Gasteiger partial charge in [-0.2, -0.15) is 0 Å². The Morgan fingerprint density at radius 3 is 2.35 bits per heavy atom. The third-order valence-corrected chi connectivity index (χ3v) is 5.19. The summed E-state index contributed by atoms with van der Waals surface area (Å²) in [6.07, 6.45) is 1.15. The van der Waals surface area contributed by atoms with Gasteiger partial charge in [-0.1, -0.05) is 6.07 Å². The molecule has 168 valence electrons. The normalized spacial score (nSPS) is 16.3. The molecule has 0 aliphatic heterocycles. The van der Waals surface area contributed by atoms with E-state index in [1.165, 1.54) is 32.4 Å². The van der Waals surface area contributed by atoms with E-state index in [0.717, 1.165) is 23.6 Å². The van der Waals surface area contributed by atoms with Crippen molar-refractivity contribution in [1.82, 2.24) is 0 Å². The van der Waals surface area contributed by atoms with Gasteiger partial charge in [0.25, 0.3) is 0 Å². The number of carbonyl (C=O) groups is 1. The maximum absolute atomic E-state index is 12.9. The summed E-state index contributed by atoms with van der Waals surface area (Å²) in [4.78, 5) is 11.2. The Bertz CT molecular complexity index is 1320. The standard InChI is InChI=1S/C21H25NO8S/c1-27-15-10-19(29-3)16(20(11-15)30-4)7-8-31(25,26)13-14-5-6-18(28-2)17(9-14)22-12-21(23)24/h5-11,22H,12-13H2,1-4H3,(H,23,24)/b8-7+/i1D3,2D3,12D2. The minimum atomic E-state index is -4.05. The molecule has 0 bridgehead atoms. The van der Waals surface area contributed by atoms with Gasteiger partial charge in [0.15, 0.2) is 9.84 Å². The highest BCUT2D eigenvalue weighted by Crippen LogP contribution is 2.35. The van der Waals surface area contributed by atoms with Crippen LogP contribution in [0.2, 0.25) is 0 Å². The number of sulfone groups is 1. The zero-order chi connectivity index (χ0) is 29.8. The highest BCUT2D eigenvalue weighted by Gasteiger charge is 2.15. The lowest BCUT2D eigenvalue weighted by Gasteiger charge is -2.13. The van der Waals surface area contributed by atoms with Gasteiger partial charge in [0.05, 0.1) is 56.3 Å². The van der Waals surface area contributed by atoms with E-state index in [0.29, 0.717) is 0 Å². The van der Waals surface area contributed by atoms with E-state index in [1.807, 2.05) is 5.32 Å². The first kappa shape index (κ1) is 14.6. The summed E-state index contributed by atoms with van der Waals surface area (Å²) in [5, 5.41) is 11.9. The first-order chi connectivity index (χ1) is 17.7. The van der Waals surface area contributed by atoms with Gasteiger partial charge in [0.2, 0.25) is 0 Å². The molecule has 0 atom stereocenters. The number of rotatable bonds is 11. The zero-order valence-electron chi connectivity index (χ0n) is 24.5. The Kier molecular flexibility index (Phi) is 4.97. The maximum Gasteiger partial charge on any atom is 0.322 e. The maximum atomic E-state index is 12.9. The van der Waals surface area contributed by atoms with Gasteiger partial charge in [-0.25, -0.2) is 8.42 Å². The molecule has 0 saturated heterocycles. The average Bonchev–Trinajstić information content (AvgIpc) is 2.76. The van der Waals surface area contributed by atoms with Crippen LogP contribution >= 0.6 is 0 Å². The van der Waals surface area contributed by atoms with Gasteiger partial charge < -0.3 is 29.4 Å². The highest BCUT2D eigenvalue weighted by atomic mass is 32.2. The third kappa shape index (κ3) is 6.54. The first-order valence-corrected chi connectivity index (χ1v) is 10.2. The van der Waals surface area contributed by atoms with E-state index in [4.69, 9.17) is 35.0 Å². The second kappa shape index (κ2) is 10.6. The van der Waals surface area contributed by atoms with Crippen LogP contribution in [0.5, 0.6) is 23.0 Å². The quantitative estimate of drug-likeness (QED) is 0.522. The van der Waals surface area contributed by atoms with Crippen molar-refractivity contribution in [3.63, 3.8) is 0 Å². The number of benzene rings is 2. The van der Waals surface area contributed by atoms with Crippen molar-refractivity contribution in [2.75, 3.05) is 40.1 Å². The molecule has 0 aliphatic rings. The van der Waals surface area contributed by atoms with Crippen molar-refractivity contribution >= 4 is 27.6 Å². The zero-order valence-corrected chi connectivity index (χ0v) is 17.3. The Labute approximate surface area is 192 Å². The molecule has 2 N–H and O–H groups in total. The molecule has 10 heteroatoms. The van der Waals surface area contributed by atoms with Gasteiger partial charge in [-0.05, 0) is 23.8 Å². The van der Waals surface area contributed by atoms with Crippen LogP contribution in [0.25, 0.3) is 6.08 Å². The smallest absolute Gasteiger partial charge is 0.322 e. The van der Waals surface area contributed by atoms with E-state index < -0.39 is 53.6 Å². The van der Waals surface area contributed by atoms with E-state index in [2.05, 4.69) is 0 Å². The molecule has 0 aliphatic carbocycles. The van der Waals surface area contributed by atoms with Crippen molar-refractivity contribution in [2.45, 2.75) is 5.75 Å². The number of methoxy groups -OCH3 is 4. The van der Waals surface area contributed by atoms with Crippen LogP contribution in [-0.2, 0) is 20.4 Å². The molecule has 0 fully saturated rings. The number of nitrogens with one attached hydrogen (secondary N) is 1. The predicted molar refractivity (Wildman–Crippen MR) is 117 cm³/mol. The van der Waals surface area contributed by atoms with Crippen molar-refractivity contribution in [1.29, 1.82) is 0 Å². The van der Waals surface area contributed by atoms with Crippen LogP contribution < -0.4 is 24.3 Å². The van der Waals surface area contributed by atoms with E-state index >= 15 is 0 Å². The van der Waals surface area contributed by atoms with Crippen LogP contribution in [0.4, 0.5) is 5.69 Å². The molecule has 2 aromatic carbocycles. The SMILES string of the molecule is [2H]C([2H])([2H])Oc1cc(OC)c(/C=C/S(=O)(=O)Cc2ccc(OC([2H])([2H])[2H])c(NC([2H])([2H])C(=O)O)c2)c(OC)c1. The Morgan fingerprint density at radius 1 is 1.10 bits per heavy atom. The molecule has 0 heterocycles. The third-order valence-electron chi connectivity index (χ3n) is 3.90. The second-order valence-electron chi connectivity index (χ2n) is 5.94. The van der Waals surface area contributed by atoms with Crippen LogP contribution in [0, 0.1) is 0 Å². The molecular formula is C21H25NO8S. The number of carboxylic acid groups (broad SMARTS) is 1. The molecule has 31 heavy (non-hydrogen) atoms. The molecule has 0 spiro atoms. The number of anilines is 1. The second-order valence-corrected chi connectivity index (χ2v) is 7.83. The predicted octanol–water partition coefficient (Wildman–Crippen LogP) is 2.80. The summed E-state index contributed by atoms with van der Waals surface area (Å²) in [6, 6.07) is 5.81. The minimum Gasteiger partial charge on any atom is -0.496 e. The summed E-state index contributed by atoms with van der Waals surface area (Å²) in [6.45, 7) is -3.03. The number of hydrogen-bond donors (Lipinski definition) is 2. The fraction of sp³-hybridized carbons (Fsp3) is 0.286. The number of aliphatic carboxylic acids is 1. The van der Waals surface area contributed by atoms with Crippen molar-refractivity contribution in [3.8, 4) is 23.0 Å². The van der Waals surface area contributed by atoms with E-state index in [1.54, 1.807) is 0 Å². The summed E-state index contributed by atoms with van der Waals surface area (Å²) < 4.78 is 104. The average molecular weight is 460 g/mol. The van der Waals surface area contributed by atoms with Gasteiger partial charge in [-0.15, -0.1) is 0 Å². The van der Waals surface area contributed by atoms with E-state index in [9.17, 15) is 13.2 Å². The summed E-state index contributed by atoms with van der Waals surface area (Å²) in [5.41, 5.74) is -0.204. The molecule has 2 aromatic rings. The Morgan fingerprint density at radius 2 is 1.77 bits per heavy atom.